The number of primary amides is 2. The van der Waals surface area contributed by atoms with Crippen LogP contribution in [0.5, 0.6) is 0 Å². The zero-order chi connectivity index (χ0) is 24.5. The molecule has 3 aliphatic rings. The quantitative estimate of drug-likeness (QED) is 0.465. The Hall–Kier alpha value is -3.76. The van der Waals surface area contributed by atoms with Crippen LogP contribution in [0.2, 0.25) is 5.02 Å². The zero-order valence-electron chi connectivity index (χ0n) is 17.9. The number of carbonyl (C=O) groups excluding carboxylic acids is 5. The number of anilines is 2. The van der Waals surface area contributed by atoms with Crippen molar-refractivity contribution in [3.05, 3.63) is 58.1 Å². The molecule has 0 bridgehead atoms. The lowest BCUT2D eigenvalue weighted by atomic mass is 9.76. The topological polar surface area (TPSA) is 165 Å². The number of rotatable bonds is 4. The van der Waals surface area contributed by atoms with Crippen LogP contribution in [0.4, 0.5) is 11.4 Å². The fourth-order valence-electron chi connectivity index (χ4n) is 5.41. The van der Waals surface area contributed by atoms with Crippen molar-refractivity contribution in [3.8, 4) is 0 Å². The number of benzene rings is 2. The van der Waals surface area contributed by atoms with Gasteiger partial charge in [-0.3, -0.25) is 29.3 Å². The first kappa shape index (κ1) is 22.1. The number of nitrogens with one attached hydrogen (secondary N) is 2. The molecule has 0 unspecified atom stereocenters. The molecule has 0 aliphatic carbocycles. The fourth-order valence-corrected chi connectivity index (χ4v) is 5.57. The van der Waals surface area contributed by atoms with Gasteiger partial charge in [0.05, 0.1) is 23.2 Å². The number of hydrogen-bond acceptors (Lipinski definition) is 6. The highest BCUT2D eigenvalue weighted by Gasteiger charge is 2.70. The molecule has 5 rings (SSSR count). The van der Waals surface area contributed by atoms with E-state index in [0.717, 1.165) is 4.90 Å². The van der Waals surface area contributed by atoms with Gasteiger partial charge in [0.25, 0.3) is 0 Å². The minimum atomic E-state index is -1.58. The molecule has 2 aromatic carbocycles. The van der Waals surface area contributed by atoms with E-state index in [9.17, 15) is 24.0 Å². The highest BCUT2D eigenvalue weighted by atomic mass is 35.5. The van der Waals surface area contributed by atoms with Gasteiger partial charge >= 0.3 is 0 Å². The highest BCUT2D eigenvalue weighted by molar-refractivity contribution is 6.32. The van der Waals surface area contributed by atoms with E-state index in [1.807, 2.05) is 0 Å². The van der Waals surface area contributed by atoms with E-state index >= 15 is 0 Å². The van der Waals surface area contributed by atoms with Crippen LogP contribution in [0.25, 0.3) is 0 Å². The standard InChI is InChI=1S/C23H20ClN5O5/c1-9-13(24)7-6-12-18(9)27-22(34)23(12)17-16(14(28-23)8-15(25)30)20(32)29(21(17)33)11-4-2-10(3-5-11)19(26)31/h2-7,14,16-17,28H,8H2,1H3,(H2,25,30)(H2,26,31)(H,27,34)/t14-,16+,17-,23-/m0/s1. The van der Waals surface area contributed by atoms with E-state index in [0.29, 0.717) is 21.8 Å². The second-order valence-corrected chi connectivity index (χ2v) is 9.11. The molecule has 4 atom stereocenters. The predicted octanol–water partition coefficient (Wildman–Crippen LogP) is 0.548. The second kappa shape index (κ2) is 7.37. The zero-order valence-corrected chi connectivity index (χ0v) is 18.7. The molecular weight excluding hydrogens is 462 g/mol. The van der Waals surface area contributed by atoms with Gasteiger partial charge in [-0.15, -0.1) is 0 Å². The Morgan fingerprint density at radius 3 is 2.35 bits per heavy atom. The van der Waals surface area contributed by atoms with Crippen LogP contribution in [-0.2, 0) is 24.7 Å². The predicted molar refractivity (Wildman–Crippen MR) is 122 cm³/mol. The first-order valence-corrected chi connectivity index (χ1v) is 10.9. The van der Waals surface area contributed by atoms with Crippen LogP contribution in [0.15, 0.2) is 36.4 Å². The van der Waals surface area contributed by atoms with Crippen LogP contribution in [0, 0.1) is 18.8 Å². The fraction of sp³-hybridized carbons (Fsp3) is 0.261. The van der Waals surface area contributed by atoms with Gasteiger partial charge in [0, 0.05) is 28.6 Å². The number of hydrogen-bond donors (Lipinski definition) is 4. The number of fused-ring (bicyclic) bond motifs is 4. The lowest BCUT2D eigenvalue weighted by molar-refractivity contribution is -0.130. The van der Waals surface area contributed by atoms with Crippen molar-refractivity contribution in [2.45, 2.75) is 24.9 Å². The van der Waals surface area contributed by atoms with Gasteiger partial charge in [0.15, 0.2) is 0 Å². The molecule has 0 radical (unpaired) electrons. The lowest BCUT2D eigenvalue weighted by Gasteiger charge is -2.29. The first-order chi connectivity index (χ1) is 16.1. The third-order valence-corrected chi connectivity index (χ3v) is 7.33. The van der Waals surface area contributed by atoms with E-state index in [4.69, 9.17) is 23.1 Å². The van der Waals surface area contributed by atoms with Gasteiger partial charge in [-0.05, 0) is 42.8 Å². The average Bonchev–Trinajstić information content (AvgIpc) is 3.35. The molecule has 3 aliphatic heterocycles. The van der Waals surface area contributed by atoms with Crippen molar-refractivity contribution in [3.63, 3.8) is 0 Å². The normalized spacial score (nSPS) is 27.2. The Morgan fingerprint density at radius 1 is 1.06 bits per heavy atom. The van der Waals surface area contributed by atoms with Crippen molar-refractivity contribution in [1.29, 1.82) is 0 Å². The molecule has 2 aromatic rings. The summed E-state index contributed by atoms with van der Waals surface area (Å²) in [6.07, 6.45) is -0.244. The third kappa shape index (κ3) is 2.82. The van der Waals surface area contributed by atoms with Crippen molar-refractivity contribution < 1.29 is 24.0 Å². The maximum atomic E-state index is 13.8. The molecule has 2 saturated heterocycles. The highest BCUT2D eigenvalue weighted by Crippen LogP contribution is 2.55. The monoisotopic (exact) mass is 481 g/mol. The van der Waals surface area contributed by atoms with Crippen molar-refractivity contribution in [2.24, 2.45) is 23.3 Å². The number of carbonyl (C=O) groups is 5. The number of halogens is 1. The third-order valence-electron chi connectivity index (χ3n) is 6.92. The Bertz CT molecular complexity index is 1310. The molecule has 11 heteroatoms. The first-order valence-electron chi connectivity index (χ1n) is 10.5. The maximum absolute atomic E-state index is 13.8. The van der Waals surface area contributed by atoms with Crippen LogP contribution >= 0.6 is 11.6 Å². The average molecular weight is 482 g/mol. The molecule has 3 heterocycles. The number of nitrogens with two attached hydrogens (primary N) is 2. The summed E-state index contributed by atoms with van der Waals surface area (Å²) >= 11 is 6.24. The minimum Gasteiger partial charge on any atom is -0.370 e. The molecular formula is C23H20ClN5O5. The molecule has 1 spiro atoms. The summed E-state index contributed by atoms with van der Waals surface area (Å²) < 4.78 is 0. The van der Waals surface area contributed by atoms with Crippen molar-refractivity contribution in [2.75, 3.05) is 10.2 Å². The SMILES string of the molecule is Cc1c(Cl)ccc2c1NC(=O)[C@]21N[C@@H](CC(N)=O)[C@H]2C(=O)N(c3ccc(C(N)=O)cc3)C(=O)[C@H]21. The van der Waals surface area contributed by atoms with Crippen LogP contribution in [0.3, 0.4) is 0 Å². The van der Waals surface area contributed by atoms with Crippen LogP contribution < -0.4 is 27.0 Å². The summed E-state index contributed by atoms with van der Waals surface area (Å²) in [5.41, 5.74) is 11.1. The largest absolute Gasteiger partial charge is 0.370 e. The Kier molecular flexibility index (Phi) is 4.78. The smallest absolute Gasteiger partial charge is 0.250 e. The Labute approximate surface area is 198 Å². The summed E-state index contributed by atoms with van der Waals surface area (Å²) in [5.74, 6) is -5.14. The molecule has 0 aromatic heterocycles. The molecule has 5 amide bonds. The minimum absolute atomic E-state index is 0.212. The van der Waals surface area contributed by atoms with E-state index in [-0.39, 0.29) is 17.7 Å². The van der Waals surface area contributed by atoms with Crippen LogP contribution in [-0.4, -0.2) is 35.6 Å². The van der Waals surface area contributed by atoms with Crippen molar-refractivity contribution >= 4 is 52.5 Å². The summed E-state index contributed by atoms with van der Waals surface area (Å²) in [6, 6.07) is 8.11. The van der Waals surface area contributed by atoms with Gasteiger partial charge in [-0.25, -0.2) is 4.90 Å². The summed E-state index contributed by atoms with van der Waals surface area (Å²) in [5, 5.41) is 6.36. The van der Waals surface area contributed by atoms with Gasteiger partial charge in [0.1, 0.15) is 5.54 Å². The summed E-state index contributed by atoms with van der Waals surface area (Å²) in [6.45, 7) is 1.74. The second-order valence-electron chi connectivity index (χ2n) is 8.70. The maximum Gasteiger partial charge on any atom is 0.250 e. The summed E-state index contributed by atoms with van der Waals surface area (Å²) in [4.78, 5) is 65.0. The molecule has 6 N–H and O–H groups in total. The number of imide groups is 1. The van der Waals surface area contributed by atoms with E-state index in [2.05, 4.69) is 10.6 Å². The van der Waals surface area contributed by atoms with Crippen LogP contribution in [0.1, 0.15) is 27.9 Å². The number of nitrogens with zero attached hydrogens (tertiary/aromatic N) is 1. The van der Waals surface area contributed by atoms with E-state index in [1.165, 1.54) is 24.3 Å². The molecule has 0 saturated carbocycles. The Balaban J connectivity index is 1.66. The van der Waals surface area contributed by atoms with Gasteiger partial charge < -0.3 is 16.8 Å². The van der Waals surface area contributed by atoms with E-state index < -0.39 is 53.0 Å². The molecule has 174 valence electrons. The molecule has 10 nitrogen and oxygen atoms in total. The van der Waals surface area contributed by atoms with Gasteiger partial charge in [-0.1, -0.05) is 17.7 Å². The van der Waals surface area contributed by atoms with Gasteiger partial charge in [0.2, 0.25) is 29.5 Å². The Morgan fingerprint density at radius 2 is 1.74 bits per heavy atom. The van der Waals surface area contributed by atoms with Gasteiger partial charge in [-0.2, -0.15) is 0 Å². The van der Waals surface area contributed by atoms with Crippen molar-refractivity contribution in [1.82, 2.24) is 5.32 Å². The number of amides is 5. The molecule has 2 fully saturated rings. The summed E-state index contributed by atoms with van der Waals surface area (Å²) in [7, 11) is 0. The molecule has 34 heavy (non-hydrogen) atoms. The van der Waals surface area contributed by atoms with E-state index in [1.54, 1.807) is 19.1 Å². The lowest BCUT2D eigenvalue weighted by Crippen LogP contribution is -2.53.